The molecule has 0 aliphatic carbocycles. The van der Waals surface area contributed by atoms with E-state index in [9.17, 15) is 4.79 Å². The molecule has 2 N–H and O–H groups in total. The van der Waals surface area contributed by atoms with Crippen LogP contribution in [-0.4, -0.2) is 34.4 Å². The summed E-state index contributed by atoms with van der Waals surface area (Å²) in [6.45, 7) is 2.38. The minimum absolute atomic E-state index is 0.189. The van der Waals surface area contributed by atoms with E-state index in [1.54, 1.807) is 11.3 Å². The van der Waals surface area contributed by atoms with Crippen LogP contribution in [0.4, 0.5) is 11.8 Å². The molecule has 4 aromatic rings. The van der Waals surface area contributed by atoms with Crippen LogP contribution in [0, 0.1) is 0 Å². The number of fused-ring (bicyclic) bond motifs is 2. The van der Waals surface area contributed by atoms with Crippen molar-refractivity contribution >= 4 is 39.8 Å². The van der Waals surface area contributed by atoms with Gasteiger partial charge in [0, 0.05) is 42.6 Å². The van der Waals surface area contributed by atoms with Crippen molar-refractivity contribution in [3.63, 3.8) is 0 Å². The van der Waals surface area contributed by atoms with Crippen LogP contribution in [0.1, 0.15) is 27.2 Å². The summed E-state index contributed by atoms with van der Waals surface area (Å²) in [7, 11) is 2.10. The molecule has 7 heteroatoms. The van der Waals surface area contributed by atoms with E-state index in [0.29, 0.717) is 18.1 Å². The highest BCUT2D eigenvalue weighted by Gasteiger charge is 2.22. The lowest BCUT2D eigenvalue weighted by atomic mass is 10.1. The molecule has 0 spiro atoms. The largest absolute Gasteiger partial charge is 0.366 e. The van der Waals surface area contributed by atoms with Crippen LogP contribution in [-0.2, 0) is 19.5 Å². The number of amides is 1. The van der Waals surface area contributed by atoms with Crippen LogP contribution in [0.15, 0.2) is 59.3 Å². The maximum Gasteiger partial charge on any atom is 0.258 e. The second-order valence-electron chi connectivity index (χ2n) is 7.78. The maximum absolute atomic E-state index is 13.0. The third-order valence-electron chi connectivity index (χ3n) is 5.54. The number of rotatable bonds is 5. The van der Waals surface area contributed by atoms with Gasteiger partial charge < -0.3 is 10.2 Å². The van der Waals surface area contributed by atoms with E-state index in [0.717, 1.165) is 47.4 Å². The standard InChI is InChI=1S/C24H23N5OS/c1-29-11-10-21-19(13-29)22(25-12-16-6-3-2-4-7-16)27-24(26-21)28-23(30)18-9-5-8-17-14-31-15-20(17)18/h2-9,14-15H,10-13H2,1H3,(H2,25,26,27,28,30). The Morgan fingerprint density at radius 2 is 1.97 bits per heavy atom. The number of carbonyl (C=O) groups excluding carboxylic acids is 1. The number of thiophene rings is 1. The number of likely N-dealkylation sites (N-methyl/N-ethyl adjacent to an activating group) is 1. The summed E-state index contributed by atoms with van der Waals surface area (Å²) in [5, 5.41) is 12.5. The monoisotopic (exact) mass is 429 g/mol. The fraction of sp³-hybridized carbons (Fsp3) is 0.208. The smallest absolute Gasteiger partial charge is 0.258 e. The second kappa shape index (κ2) is 8.45. The van der Waals surface area contributed by atoms with E-state index in [-0.39, 0.29) is 5.91 Å². The van der Waals surface area contributed by atoms with Crippen molar-refractivity contribution in [1.29, 1.82) is 0 Å². The van der Waals surface area contributed by atoms with Gasteiger partial charge >= 0.3 is 0 Å². The minimum Gasteiger partial charge on any atom is -0.366 e. The quantitative estimate of drug-likeness (QED) is 0.487. The Labute approximate surface area is 185 Å². The number of aromatic nitrogens is 2. The molecule has 0 unspecified atom stereocenters. The van der Waals surface area contributed by atoms with Gasteiger partial charge in [-0.1, -0.05) is 42.5 Å². The third-order valence-corrected chi connectivity index (χ3v) is 6.31. The van der Waals surface area contributed by atoms with Crippen molar-refractivity contribution in [2.24, 2.45) is 0 Å². The molecule has 1 aliphatic heterocycles. The number of nitrogens with zero attached hydrogens (tertiary/aromatic N) is 3. The van der Waals surface area contributed by atoms with E-state index in [2.05, 4.69) is 39.7 Å². The van der Waals surface area contributed by atoms with E-state index < -0.39 is 0 Å². The molecule has 0 atom stereocenters. The van der Waals surface area contributed by atoms with Crippen molar-refractivity contribution in [2.45, 2.75) is 19.5 Å². The zero-order valence-corrected chi connectivity index (χ0v) is 18.1. The molecule has 5 rings (SSSR count). The van der Waals surface area contributed by atoms with E-state index >= 15 is 0 Å². The van der Waals surface area contributed by atoms with Gasteiger partial charge in [0.1, 0.15) is 5.82 Å². The fourth-order valence-electron chi connectivity index (χ4n) is 3.89. The Morgan fingerprint density at radius 3 is 2.84 bits per heavy atom. The average molecular weight is 430 g/mol. The van der Waals surface area contributed by atoms with Crippen LogP contribution in [0.5, 0.6) is 0 Å². The summed E-state index contributed by atoms with van der Waals surface area (Å²) in [4.78, 5) is 24.7. The highest BCUT2D eigenvalue weighted by molar-refractivity contribution is 7.09. The van der Waals surface area contributed by atoms with Crippen molar-refractivity contribution in [1.82, 2.24) is 14.9 Å². The summed E-state index contributed by atoms with van der Waals surface area (Å²) in [5.74, 6) is 0.937. The summed E-state index contributed by atoms with van der Waals surface area (Å²) < 4.78 is 0. The molecule has 0 radical (unpaired) electrons. The molecular weight excluding hydrogens is 406 g/mol. The molecule has 2 aromatic heterocycles. The fourth-order valence-corrected chi connectivity index (χ4v) is 4.71. The molecule has 156 valence electrons. The first-order chi connectivity index (χ1) is 15.2. The lowest BCUT2D eigenvalue weighted by Crippen LogP contribution is -2.29. The van der Waals surface area contributed by atoms with Gasteiger partial charge in [0.2, 0.25) is 5.95 Å². The summed E-state index contributed by atoms with van der Waals surface area (Å²) >= 11 is 1.59. The first-order valence-corrected chi connectivity index (χ1v) is 11.2. The lowest BCUT2D eigenvalue weighted by Gasteiger charge is -2.26. The zero-order chi connectivity index (χ0) is 21.2. The Bertz CT molecular complexity index is 1240. The van der Waals surface area contributed by atoms with Gasteiger partial charge in [-0.05, 0) is 34.8 Å². The average Bonchev–Trinajstić information content (AvgIpc) is 3.27. The number of nitrogens with one attached hydrogen (secondary N) is 2. The molecule has 0 bridgehead atoms. The van der Waals surface area contributed by atoms with Gasteiger partial charge in [-0.2, -0.15) is 16.3 Å². The van der Waals surface area contributed by atoms with Crippen LogP contribution >= 0.6 is 11.3 Å². The molecule has 1 aliphatic rings. The summed E-state index contributed by atoms with van der Waals surface area (Å²) in [6.07, 6.45) is 0.831. The molecule has 3 heterocycles. The normalized spacial score (nSPS) is 13.7. The second-order valence-corrected chi connectivity index (χ2v) is 8.53. The van der Waals surface area contributed by atoms with E-state index in [1.807, 2.05) is 47.2 Å². The highest BCUT2D eigenvalue weighted by Crippen LogP contribution is 2.27. The molecule has 31 heavy (non-hydrogen) atoms. The van der Waals surface area contributed by atoms with Gasteiger partial charge in [0.25, 0.3) is 5.91 Å². The van der Waals surface area contributed by atoms with Gasteiger partial charge in [0.05, 0.1) is 5.69 Å². The summed E-state index contributed by atoms with van der Waals surface area (Å²) in [5.41, 5.74) is 3.91. The van der Waals surface area contributed by atoms with Crippen molar-refractivity contribution in [2.75, 3.05) is 24.2 Å². The van der Waals surface area contributed by atoms with Gasteiger partial charge in [0.15, 0.2) is 0 Å². The van der Waals surface area contributed by atoms with E-state index in [4.69, 9.17) is 4.98 Å². The van der Waals surface area contributed by atoms with Gasteiger partial charge in [-0.25, -0.2) is 4.98 Å². The predicted molar refractivity (Wildman–Crippen MR) is 126 cm³/mol. The summed E-state index contributed by atoms with van der Waals surface area (Å²) in [6, 6.07) is 16.0. The lowest BCUT2D eigenvalue weighted by molar-refractivity contribution is 0.102. The molecule has 1 amide bonds. The Morgan fingerprint density at radius 1 is 1.10 bits per heavy atom. The van der Waals surface area contributed by atoms with Crippen molar-refractivity contribution < 1.29 is 4.79 Å². The van der Waals surface area contributed by atoms with Gasteiger partial charge in [-0.3, -0.25) is 10.1 Å². The van der Waals surface area contributed by atoms with Crippen LogP contribution in [0.3, 0.4) is 0 Å². The molecule has 0 saturated heterocycles. The number of hydrogen-bond donors (Lipinski definition) is 2. The van der Waals surface area contributed by atoms with Crippen molar-refractivity contribution in [3.05, 3.63) is 81.7 Å². The third kappa shape index (κ3) is 4.15. The first-order valence-electron chi connectivity index (χ1n) is 10.3. The number of benzene rings is 2. The Hall–Kier alpha value is -3.29. The Kier molecular flexibility index (Phi) is 5.36. The van der Waals surface area contributed by atoms with Crippen molar-refractivity contribution in [3.8, 4) is 0 Å². The first kappa shape index (κ1) is 19.7. The highest BCUT2D eigenvalue weighted by atomic mass is 32.1. The van der Waals surface area contributed by atoms with Crippen LogP contribution < -0.4 is 10.6 Å². The van der Waals surface area contributed by atoms with E-state index in [1.165, 1.54) is 5.56 Å². The molecule has 0 saturated carbocycles. The van der Waals surface area contributed by atoms with Crippen LogP contribution in [0.2, 0.25) is 0 Å². The van der Waals surface area contributed by atoms with Gasteiger partial charge in [-0.15, -0.1) is 0 Å². The number of hydrogen-bond acceptors (Lipinski definition) is 6. The zero-order valence-electron chi connectivity index (χ0n) is 17.3. The molecule has 6 nitrogen and oxygen atoms in total. The SMILES string of the molecule is CN1CCc2nc(NC(=O)c3cccc4cscc34)nc(NCc3ccccc3)c2C1. The topological polar surface area (TPSA) is 70.2 Å². The van der Waals surface area contributed by atoms with Crippen LogP contribution in [0.25, 0.3) is 10.8 Å². The number of anilines is 2. The Balaban J connectivity index is 1.44. The molecule has 2 aromatic carbocycles. The number of carbonyl (C=O) groups is 1. The predicted octanol–water partition coefficient (Wildman–Crippen LogP) is 4.54. The maximum atomic E-state index is 13.0. The molecule has 0 fully saturated rings. The molecular formula is C24H23N5OS. The minimum atomic E-state index is -0.189.